The molecule has 13 heteroatoms. The van der Waals surface area contributed by atoms with Crippen molar-refractivity contribution < 1.29 is 32.3 Å². The Balaban J connectivity index is 1.96. The summed E-state index contributed by atoms with van der Waals surface area (Å²) in [4.78, 5) is 65.7. The average molecular weight is 578 g/mol. The SMILES string of the molecule is CCOC(=O)c1cn(-c2ccc3c(c2)N(C(C)=O)C(=O)C3(C)C)c(=O)n(Cc2cccc(C(F)(F)F)c2Cl)c1=O. The van der Waals surface area contributed by atoms with E-state index < -0.39 is 63.3 Å². The molecule has 1 aliphatic rings. The fourth-order valence-corrected chi connectivity index (χ4v) is 4.86. The van der Waals surface area contributed by atoms with Gasteiger partial charge in [0.1, 0.15) is 5.56 Å². The van der Waals surface area contributed by atoms with Crippen LogP contribution in [0.4, 0.5) is 18.9 Å². The second-order valence-electron chi connectivity index (χ2n) is 9.57. The fourth-order valence-electron chi connectivity index (χ4n) is 4.57. The molecule has 2 aromatic carbocycles. The van der Waals surface area contributed by atoms with E-state index >= 15 is 0 Å². The van der Waals surface area contributed by atoms with Crippen LogP contribution in [0.25, 0.3) is 5.69 Å². The highest BCUT2D eigenvalue weighted by molar-refractivity contribution is 6.32. The van der Waals surface area contributed by atoms with Crippen LogP contribution in [0.5, 0.6) is 0 Å². The zero-order valence-electron chi connectivity index (χ0n) is 21.8. The summed E-state index contributed by atoms with van der Waals surface area (Å²) < 4.78 is 46.7. The average Bonchev–Trinajstić information content (AvgIpc) is 3.06. The van der Waals surface area contributed by atoms with Gasteiger partial charge >= 0.3 is 17.8 Å². The van der Waals surface area contributed by atoms with Crippen LogP contribution in [0.1, 0.15) is 54.7 Å². The van der Waals surface area contributed by atoms with Crippen LogP contribution in [-0.4, -0.2) is 33.5 Å². The number of halogens is 4. The second kappa shape index (κ2) is 10.1. The number of nitrogens with zero attached hydrogens (tertiary/aromatic N) is 3. The molecule has 1 aromatic heterocycles. The molecule has 0 unspecified atom stereocenters. The molecule has 4 rings (SSSR count). The molecule has 0 saturated carbocycles. The third-order valence-corrected chi connectivity index (χ3v) is 7.05. The molecule has 0 saturated heterocycles. The number of anilines is 1. The van der Waals surface area contributed by atoms with Gasteiger partial charge in [0.15, 0.2) is 0 Å². The maximum Gasteiger partial charge on any atom is 0.417 e. The molecule has 1 aliphatic heterocycles. The number of fused-ring (bicyclic) bond motifs is 1. The number of benzene rings is 2. The molecule has 0 N–H and O–H groups in total. The van der Waals surface area contributed by atoms with Crippen LogP contribution >= 0.6 is 11.6 Å². The molecule has 0 fully saturated rings. The Bertz CT molecular complexity index is 1690. The lowest BCUT2D eigenvalue weighted by Crippen LogP contribution is -2.42. The number of carbonyl (C=O) groups excluding carboxylic acids is 3. The van der Waals surface area contributed by atoms with Crippen LogP contribution in [0, 0.1) is 0 Å². The molecule has 210 valence electrons. The maximum atomic E-state index is 13.6. The lowest BCUT2D eigenvalue weighted by Gasteiger charge is -2.17. The molecule has 0 bridgehead atoms. The molecule has 40 heavy (non-hydrogen) atoms. The van der Waals surface area contributed by atoms with Crippen molar-refractivity contribution >= 4 is 35.1 Å². The first-order valence-corrected chi connectivity index (χ1v) is 12.4. The number of hydrogen-bond donors (Lipinski definition) is 0. The van der Waals surface area contributed by atoms with Crippen molar-refractivity contribution in [1.82, 2.24) is 9.13 Å². The minimum Gasteiger partial charge on any atom is -0.462 e. The number of ether oxygens (including phenoxy) is 1. The van der Waals surface area contributed by atoms with Crippen LogP contribution in [0.3, 0.4) is 0 Å². The fraction of sp³-hybridized carbons (Fsp3) is 0.296. The summed E-state index contributed by atoms with van der Waals surface area (Å²) in [5.41, 5.74) is -4.26. The van der Waals surface area contributed by atoms with Crippen molar-refractivity contribution in [1.29, 1.82) is 0 Å². The van der Waals surface area contributed by atoms with Crippen molar-refractivity contribution in [3.05, 3.63) is 90.7 Å². The Morgan fingerprint density at radius 1 is 1.07 bits per heavy atom. The Morgan fingerprint density at radius 2 is 1.75 bits per heavy atom. The highest BCUT2D eigenvalue weighted by Crippen LogP contribution is 2.42. The monoisotopic (exact) mass is 577 g/mol. The first-order chi connectivity index (χ1) is 18.6. The van der Waals surface area contributed by atoms with Gasteiger partial charge in [0.05, 0.1) is 40.5 Å². The Hall–Kier alpha value is -4.19. The van der Waals surface area contributed by atoms with Crippen molar-refractivity contribution in [2.75, 3.05) is 11.5 Å². The zero-order valence-corrected chi connectivity index (χ0v) is 22.5. The van der Waals surface area contributed by atoms with Crippen LogP contribution < -0.4 is 16.1 Å². The largest absolute Gasteiger partial charge is 0.462 e. The van der Waals surface area contributed by atoms with Crippen molar-refractivity contribution in [2.45, 2.75) is 45.8 Å². The number of carbonyl (C=O) groups is 3. The summed E-state index contributed by atoms with van der Waals surface area (Å²) in [7, 11) is 0. The lowest BCUT2D eigenvalue weighted by molar-refractivity contribution is -0.137. The van der Waals surface area contributed by atoms with Gasteiger partial charge in [-0.25, -0.2) is 14.5 Å². The van der Waals surface area contributed by atoms with Gasteiger partial charge in [-0.1, -0.05) is 29.8 Å². The number of imide groups is 1. The van der Waals surface area contributed by atoms with E-state index in [0.717, 1.165) is 27.8 Å². The number of aromatic nitrogens is 2. The number of rotatable bonds is 5. The summed E-state index contributed by atoms with van der Waals surface area (Å²) in [5.74, 6) is -2.10. The van der Waals surface area contributed by atoms with Gasteiger partial charge in [-0.05, 0) is 50.1 Å². The molecule has 2 heterocycles. The molecular formula is C27H23ClF3N3O6. The van der Waals surface area contributed by atoms with E-state index in [0.29, 0.717) is 10.1 Å². The summed E-state index contributed by atoms with van der Waals surface area (Å²) in [6.45, 7) is 5.20. The molecule has 2 amide bonds. The molecule has 0 atom stereocenters. The first kappa shape index (κ1) is 28.8. The Labute approximate surface area is 230 Å². The summed E-state index contributed by atoms with van der Waals surface area (Å²) in [6.07, 6.45) is -3.84. The van der Waals surface area contributed by atoms with Gasteiger partial charge in [0, 0.05) is 13.1 Å². The topological polar surface area (TPSA) is 108 Å². The number of hydrogen-bond acceptors (Lipinski definition) is 6. The Kier molecular flexibility index (Phi) is 7.26. The van der Waals surface area contributed by atoms with Crippen LogP contribution in [-0.2, 0) is 32.5 Å². The van der Waals surface area contributed by atoms with E-state index in [1.807, 2.05) is 0 Å². The minimum absolute atomic E-state index is 0.0786. The van der Waals surface area contributed by atoms with Gasteiger partial charge in [-0.15, -0.1) is 0 Å². The van der Waals surface area contributed by atoms with Crippen molar-refractivity contribution in [3.8, 4) is 5.69 Å². The minimum atomic E-state index is -4.79. The number of amides is 2. The van der Waals surface area contributed by atoms with Crippen molar-refractivity contribution in [2.24, 2.45) is 0 Å². The van der Waals surface area contributed by atoms with E-state index in [9.17, 15) is 37.1 Å². The second-order valence-corrected chi connectivity index (χ2v) is 9.95. The van der Waals surface area contributed by atoms with Gasteiger partial charge in [0.25, 0.3) is 5.56 Å². The van der Waals surface area contributed by atoms with Crippen molar-refractivity contribution in [3.63, 3.8) is 0 Å². The van der Waals surface area contributed by atoms with E-state index in [4.69, 9.17) is 16.3 Å². The third-order valence-electron chi connectivity index (χ3n) is 6.61. The normalized spacial score (nSPS) is 14.3. The molecule has 0 aliphatic carbocycles. The first-order valence-electron chi connectivity index (χ1n) is 12.0. The van der Waals surface area contributed by atoms with Gasteiger partial charge in [-0.2, -0.15) is 13.2 Å². The van der Waals surface area contributed by atoms with E-state index in [-0.39, 0.29) is 23.5 Å². The third kappa shape index (κ3) is 4.72. The Morgan fingerprint density at radius 3 is 2.35 bits per heavy atom. The molecular weight excluding hydrogens is 555 g/mol. The molecule has 3 aromatic rings. The molecule has 0 radical (unpaired) electrons. The standard InChI is InChI=1S/C27H23ClF3N3O6/c1-5-40-23(37)17-13-32(16-9-10-18-20(11-16)34(14(2)35)24(38)26(18,3)4)25(39)33(22(17)36)12-15-7-6-8-19(21(15)28)27(29,30)31/h6-11,13H,5,12H2,1-4H3. The highest BCUT2D eigenvalue weighted by atomic mass is 35.5. The molecule has 0 spiro atoms. The lowest BCUT2D eigenvalue weighted by atomic mass is 9.86. The van der Waals surface area contributed by atoms with Gasteiger partial charge in [-0.3, -0.25) is 23.5 Å². The zero-order chi connectivity index (χ0) is 29.7. The van der Waals surface area contributed by atoms with Gasteiger partial charge < -0.3 is 4.74 Å². The quantitative estimate of drug-likeness (QED) is 0.423. The molecule has 9 nitrogen and oxygen atoms in total. The number of esters is 1. The van der Waals surface area contributed by atoms with Gasteiger partial charge in [0.2, 0.25) is 11.8 Å². The summed E-state index contributed by atoms with van der Waals surface area (Å²) >= 11 is 6.00. The van der Waals surface area contributed by atoms with E-state index in [1.165, 1.54) is 32.0 Å². The van der Waals surface area contributed by atoms with Crippen LogP contribution in [0.15, 0.2) is 52.2 Å². The van der Waals surface area contributed by atoms with E-state index in [1.54, 1.807) is 19.9 Å². The smallest absolute Gasteiger partial charge is 0.417 e. The summed E-state index contributed by atoms with van der Waals surface area (Å²) in [6, 6.07) is 7.44. The summed E-state index contributed by atoms with van der Waals surface area (Å²) in [5, 5.41) is -0.704. The maximum absolute atomic E-state index is 13.6. The predicted molar refractivity (Wildman–Crippen MR) is 139 cm³/mol. The number of alkyl halides is 3. The van der Waals surface area contributed by atoms with Crippen LogP contribution in [0.2, 0.25) is 5.02 Å². The predicted octanol–water partition coefficient (Wildman–Crippen LogP) is 4.07. The van der Waals surface area contributed by atoms with E-state index in [2.05, 4.69) is 0 Å². The highest BCUT2D eigenvalue weighted by Gasteiger charge is 2.45.